The first-order chi connectivity index (χ1) is 9.17. The normalized spacial score (nSPS) is 12.6. The molecule has 0 bridgehead atoms. The van der Waals surface area contributed by atoms with Gasteiger partial charge in [0, 0.05) is 0 Å². The van der Waals surface area contributed by atoms with Crippen molar-refractivity contribution in [1.29, 1.82) is 0 Å². The number of carbonyl (C=O) groups excluding carboxylic acids is 1. The number of phenolic OH excluding ortho intramolecular Hbond substituents is 1. The van der Waals surface area contributed by atoms with E-state index in [1.54, 1.807) is 32.9 Å². The Balaban J connectivity index is 2.82. The maximum absolute atomic E-state index is 11.7. The van der Waals surface area contributed by atoms with Gasteiger partial charge in [-0.05, 0) is 38.5 Å². The summed E-state index contributed by atoms with van der Waals surface area (Å²) in [6.07, 6.45) is -0.957. The van der Waals surface area contributed by atoms with Crippen molar-refractivity contribution in [2.24, 2.45) is 0 Å². The van der Waals surface area contributed by atoms with Crippen LogP contribution in [0, 0.1) is 0 Å². The van der Waals surface area contributed by atoms with E-state index < -0.39 is 23.7 Å². The van der Waals surface area contributed by atoms with Crippen LogP contribution in [0.4, 0.5) is 4.79 Å². The third-order valence-corrected chi connectivity index (χ3v) is 2.37. The molecule has 0 unspecified atom stereocenters. The molecule has 6 heteroatoms. The highest BCUT2D eigenvalue weighted by atomic mass is 16.6. The summed E-state index contributed by atoms with van der Waals surface area (Å²) in [5, 5.41) is 20.6. The number of aromatic hydroxyl groups is 1. The largest absolute Gasteiger partial charge is 0.508 e. The Morgan fingerprint density at radius 1 is 1.25 bits per heavy atom. The number of nitrogens with one attached hydrogen (secondary N) is 1. The van der Waals surface area contributed by atoms with Crippen molar-refractivity contribution in [1.82, 2.24) is 5.32 Å². The smallest absolute Gasteiger partial charge is 0.408 e. The van der Waals surface area contributed by atoms with Crippen LogP contribution >= 0.6 is 0 Å². The Bertz CT molecular complexity index is 475. The van der Waals surface area contributed by atoms with Crippen LogP contribution in [0.3, 0.4) is 0 Å². The maximum Gasteiger partial charge on any atom is 0.408 e. The molecular weight excluding hydrogens is 262 g/mol. The van der Waals surface area contributed by atoms with Crippen LogP contribution in [0.25, 0.3) is 0 Å². The summed E-state index contributed by atoms with van der Waals surface area (Å²) in [6.45, 7) is 5.16. The Kier molecular flexibility index (Phi) is 4.96. The van der Waals surface area contributed by atoms with Crippen molar-refractivity contribution >= 4 is 12.1 Å². The molecule has 1 rings (SSSR count). The molecule has 0 heterocycles. The molecule has 1 aromatic rings. The van der Waals surface area contributed by atoms with Crippen LogP contribution in [0.1, 0.15) is 38.8 Å². The van der Waals surface area contributed by atoms with Crippen LogP contribution in [-0.4, -0.2) is 27.9 Å². The zero-order valence-electron chi connectivity index (χ0n) is 11.7. The number of phenols is 1. The lowest BCUT2D eigenvalue weighted by Crippen LogP contribution is -2.35. The molecule has 1 aromatic carbocycles. The fourth-order valence-corrected chi connectivity index (χ4v) is 1.58. The highest BCUT2D eigenvalue weighted by molar-refractivity contribution is 5.72. The third-order valence-electron chi connectivity index (χ3n) is 2.37. The van der Waals surface area contributed by atoms with E-state index in [1.807, 2.05) is 0 Å². The summed E-state index contributed by atoms with van der Waals surface area (Å²) in [5.41, 5.74) is -0.0802. The van der Waals surface area contributed by atoms with Crippen molar-refractivity contribution in [2.75, 3.05) is 0 Å². The number of carboxylic acid groups (broad SMARTS) is 1. The van der Waals surface area contributed by atoms with Crippen molar-refractivity contribution in [2.45, 2.75) is 38.8 Å². The number of carboxylic acids is 1. The molecule has 20 heavy (non-hydrogen) atoms. The summed E-state index contributed by atoms with van der Waals surface area (Å²) < 4.78 is 5.10. The third kappa shape index (κ3) is 5.60. The molecule has 6 nitrogen and oxygen atoms in total. The highest BCUT2D eigenvalue weighted by Gasteiger charge is 2.22. The van der Waals surface area contributed by atoms with Gasteiger partial charge >= 0.3 is 12.1 Å². The van der Waals surface area contributed by atoms with E-state index in [0.717, 1.165) is 0 Å². The molecule has 0 saturated carbocycles. The Labute approximate surface area is 117 Å². The quantitative estimate of drug-likeness (QED) is 0.787. The van der Waals surface area contributed by atoms with Crippen molar-refractivity contribution in [3.05, 3.63) is 29.8 Å². The molecule has 0 fully saturated rings. The number of carbonyl (C=O) groups is 2. The number of hydrogen-bond donors (Lipinski definition) is 3. The molecule has 0 spiro atoms. The van der Waals surface area contributed by atoms with Gasteiger partial charge in [0.15, 0.2) is 0 Å². The maximum atomic E-state index is 11.7. The second kappa shape index (κ2) is 6.27. The molecular formula is C14H19NO5. The van der Waals surface area contributed by atoms with E-state index in [1.165, 1.54) is 12.1 Å². The van der Waals surface area contributed by atoms with Crippen LogP contribution < -0.4 is 5.32 Å². The van der Waals surface area contributed by atoms with E-state index in [4.69, 9.17) is 9.84 Å². The topological polar surface area (TPSA) is 95.9 Å². The number of amides is 1. The Morgan fingerprint density at radius 3 is 2.25 bits per heavy atom. The van der Waals surface area contributed by atoms with Gasteiger partial charge in [-0.15, -0.1) is 0 Å². The monoisotopic (exact) mass is 281 g/mol. The lowest BCUT2D eigenvalue weighted by Gasteiger charge is -2.23. The summed E-state index contributed by atoms with van der Waals surface area (Å²) in [4.78, 5) is 22.6. The van der Waals surface area contributed by atoms with Gasteiger partial charge in [0.1, 0.15) is 11.4 Å². The van der Waals surface area contributed by atoms with Gasteiger partial charge in [-0.2, -0.15) is 0 Å². The highest BCUT2D eigenvalue weighted by Crippen LogP contribution is 2.20. The average molecular weight is 281 g/mol. The summed E-state index contributed by atoms with van der Waals surface area (Å²) in [7, 11) is 0. The number of hydrogen-bond acceptors (Lipinski definition) is 4. The molecule has 0 aliphatic carbocycles. The van der Waals surface area contributed by atoms with Gasteiger partial charge < -0.3 is 20.3 Å². The predicted molar refractivity (Wildman–Crippen MR) is 72.5 cm³/mol. The van der Waals surface area contributed by atoms with E-state index in [2.05, 4.69) is 5.32 Å². The van der Waals surface area contributed by atoms with Crippen molar-refractivity contribution in [3.8, 4) is 5.75 Å². The molecule has 0 aromatic heterocycles. The lowest BCUT2D eigenvalue weighted by molar-refractivity contribution is -0.137. The second-order valence-corrected chi connectivity index (χ2v) is 5.39. The Morgan fingerprint density at radius 2 is 1.80 bits per heavy atom. The van der Waals surface area contributed by atoms with E-state index in [0.29, 0.717) is 5.56 Å². The van der Waals surface area contributed by atoms with Crippen molar-refractivity contribution < 1.29 is 24.5 Å². The minimum absolute atomic E-state index is 0.0695. The molecule has 0 aliphatic rings. The minimum Gasteiger partial charge on any atom is -0.508 e. The molecule has 110 valence electrons. The number of ether oxygens (including phenoxy) is 1. The molecule has 0 saturated heterocycles. The fourth-order valence-electron chi connectivity index (χ4n) is 1.58. The van der Waals surface area contributed by atoms with Crippen molar-refractivity contribution in [3.63, 3.8) is 0 Å². The van der Waals surface area contributed by atoms with Gasteiger partial charge in [0.05, 0.1) is 12.5 Å². The van der Waals surface area contributed by atoms with Gasteiger partial charge in [-0.1, -0.05) is 12.1 Å². The van der Waals surface area contributed by atoms with E-state index >= 15 is 0 Å². The number of benzene rings is 1. The Hall–Kier alpha value is -2.24. The lowest BCUT2D eigenvalue weighted by atomic mass is 10.0. The van der Waals surface area contributed by atoms with E-state index in [-0.39, 0.29) is 12.2 Å². The van der Waals surface area contributed by atoms with Gasteiger partial charge in [0.2, 0.25) is 0 Å². The molecule has 1 amide bonds. The van der Waals surface area contributed by atoms with Crippen LogP contribution in [0.2, 0.25) is 0 Å². The van der Waals surface area contributed by atoms with Crippen LogP contribution in [-0.2, 0) is 9.53 Å². The molecule has 0 radical (unpaired) electrons. The number of rotatable bonds is 4. The summed E-state index contributed by atoms with van der Waals surface area (Å²) >= 11 is 0. The number of alkyl carbamates (subject to hydrolysis) is 1. The number of aliphatic carboxylic acids is 1. The first-order valence-corrected chi connectivity index (χ1v) is 6.17. The molecule has 0 aliphatic heterocycles. The summed E-state index contributed by atoms with van der Waals surface area (Å²) in [5.74, 6) is -0.973. The standard InChI is InChI=1S/C14H19NO5/c1-14(2,3)20-13(19)15-11(8-12(17)18)9-4-6-10(16)7-5-9/h4-7,11,16H,8H2,1-3H3,(H,15,19)(H,17,18)/t11-/m0/s1. The molecule has 1 atom stereocenters. The first kappa shape index (κ1) is 15.8. The fraction of sp³-hybridized carbons (Fsp3) is 0.429. The summed E-state index contributed by atoms with van der Waals surface area (Å²) in [6, 6.07) is 5.26. The zero-order chi connectivity index (χ0) is 15.3. The van der Waals surface area contributed by atoms with Crippen LogP contribution in [0.5, 0.6) is 5.75 Å². The predicted octanol–water partition coefficient (Wildman–Crippen LogP) is 2.43. The SMILES string of the molecule is CC(C)(C)OC(=O)N[C@@H](CC(=O)O)c1ccc(O)cc1. The van der Waals surface area contributed by atoms with Gasteiger partial charge in [0.25, 0.3) is 0 Å². The van der Waals surface area contributed by atoms with Crippen LogP contribution in [0.15, 0.2) is 24.3 Å². The van der Waals surface area contributed by atoms with E-state index in [9.17, 15) is 14.7 Å². The first-order valence-electron chi connectivity index (χ1n) is 6.17. The minimum atomic E-state index is -1.04. The van der Waals surface area contributed by atoms with Gasteiger partial charge in [-0.25, -0.2) is 4.79 Å². The zero-order valence-corrected chi connectivity index (χ0v) is 11.7. The van der Waals surface area contributed by atoms with Gasteiger partial charge in [-0.3, -0.25) is 4.79 Å². The molecule has 3 N–H and O–H groups in total. The average Bonchev–Trinajstić information content (AvgIpc) is 2.25. The second-order valence-electron chi connectivity index (χ2n) is 5.39.